The molecule has 2 rings (SSSR count). The van der Waals surface area contributed by atoms with Crippen molar-refractivity contribution in [3.8, 4) is 11.5 Å². The third-order valence-electron chi connectivity index (χ3n) is 2.70. The summed E-state index contributed by atoms with van der Waals surface area (Å²) in [6.45, 7) is 1.28. The molecule has 5 heteroatoms. The number of anilines is 1. The number of nitrogens with zero attached hydrogens (tertiary/aromatic N) is 1. The van der Waals surface area contributed by atoms with Crippen molar-refractivity contribution < 1.29 is 9.47 Å². The molecule has 0 atom stereocenters. The molecule has 1 heterocycles. The number of benzene rings is 1. The number of ether oxygens (including phenoxy) is 2. The van der Waals surface area contributed by atoms with E-state index in [9.17, 15) is 0 Å². The number of aromatic nitrogens is 1. The predicted octanol–water partition coefficient (Wildman–Crippen LogP) is 1.62. The molecule has 0 spiro atoms. The van der Waals surface area contributed by atoms with E-state index in [2.05, 4.69) is 10.3 Å². The highest BCUT2D eigenvalue weighted by atomic mass is 16.5. The lowest BCUT2D eigenvalue weighted by atomic mass is 10.1. The van der Waals surface area contributed by atoms with Crippen LogP contribution in [0.25, 0.3) is 10.9 Å². The molecule has 0 saturated heterocycles. The summed E-state index contributed by atoms with van der Waals surface area (Å²) in [7, 11) is 3.25. The Balaban J connectivity index is 2.58. The van der Waals surface area contributed by atoms with E-state index < -0.39 is 0 Å². The molecule has 0 unspecified atom stereocenters. The normalized spacial score (nSPS) is 10.4. The average Bonchev–Trinajstić information content (AvgIpc) is 2.43. The van der Waals surface area contributed by atoms with Gasteiger partial charge in [-0.15, -0.1) is 0 Å². The van der Waals surface area contributed by atoms with Crippen molar-refractivity contribution in [3.63, 3.8) is 0 Å². The molecule has 0 saturated carbocycles. The van der Waals surface area contributed by atoms with Gasteiger partial charge in [0.1, 0.15) is 17.0 Å². The minimum absolute atomic E-state index is 0.574. The SMILES string of the molecule is COc1cc(OC)c2nccc(NCCN)c2c1. The van der Waals surface area contributed by atoms with Crippen LogP contribution in [-0.2, 0) is 0 Å². The van der Waals surface area contributed by atoms with Gasteiger partial charge in [-0.25, -0.2) is 0 Å². The highest BCUT2D eigenvalue weighted by Gasteiger charge is 2.09. The van der Waals surface area contributed by atoms with E-state index >= 15 is 0 Å². The number of nitrogens with one attached hydrogen (secondary N) is 1. The molecular weight excluding hydrogens is 230 g/mol. The summed E-state index contributed by atoms with van der Waals surface area (Å²) >= 11 is 0. The number of fused-ring (bicyclic) bond motifs is 1. The van der Waals surface area contributed by atoms with Crippen LogP contribution >= 0.6 is 0 Å². The number of hydrogen-bond acceptors (Lipinski definition) is 5. The summed E-state index contributed by atoms with van der Waals surface area (Å²) in [4.78, 5) is 4.34. The largest absolute Gasteiger partial charge is 0.497 e. The first-order chi connectivity index (χ1) is 8.80. The molecule has 0 aliphatic rings. The fourth-order valence-electron chi connectivity index (χ4n) is 1.83. The van der Waals surface area contributed by atoms with Gasteiger partial charge < -0.3 is 20.5 Å². The zero-order valence-electron chi connectivity index (χ0n) is 10.6. The Labute approximate surface area is 106 Å². The van der Waals surface area contributed by atoms with Crippen molar-refractivity contribution >= 4 is 16.6 Å². The fourth-order valence-corrected chi connectivity index (χ4v) is 1.83. The summed E-state index contributed by atoms with van der Waals surface area (Å²) in [6, 6.07) is 5.67. The van der Waals surface area contributed by atoms with E-state index in [0.717, 1.165) is 22.3 Å². The number of hydrogen-bond donors (Lipinski definition) is 2. The first kappa shape index (κ1) is 12.4. The third kappa shape index (κ3) is 2.31. The zero-order chi connectivity index (χ0) is 13.0. The van der Waals surface area contributed by atoms with Gasteiger partial charge in [0.2, 0.25) is 0 Å². The molecule has 0 amide bonds. The van der Waals surface area contributed by atoms with Crippen molar-refractivity contribution in [2.45, 2.75) is 0 Å². The molecule has 96 valence electrons. The molecule has 0 radical (unpaired) electrons. The molecular formula is C13H17N3O2. The van der Waals surface area contributed by atoms with Gasteiger partial charge in [0.25, 0.3) is 0 Å². The van der Waals surface area contributed by atoms with E-state index in [4.69, 9.17) is 15.2 Å². The molecule has 1 aromatic heterocycles. The van der Waals surface area contributed by atoms with Crippen LogP contribution < -0.4 is 20.5 Å². The van der Waals surface area contributed by atoms with Crippen molar-refractivity contribution in [2.75, 3.05) is 32.6 Å². The topological polar surface area (TPSA) is 69.4 Å². The molecule has 0 aliphatic carbocycles. The van der Waals surface area contributed by atoms with E-state index in [0.29, 0.717) is 18.8 Å². The van der Waals surface area contributed by atoms with Crippen LogP contribution in [-0.4, -0.2) is 32.3 Å². The standard InChI is InChI=1S/C13H17N3O2/c1-17-9-7-10-11(15-6-4-14)3-5-16-13(10)12(8-9)18-2/h3,5,7-8H,4,6,14H2,1-2H3,(H,15,16). The molecule has 18 heavy (non-hydrogen) atoms. The van der Waals surface area contributed by atoms with E-state index in [1.54, 1.807) is 20.4 Å². The van der Waals surface area contributed by atoms with Gasteiger partial charge in [-0.05, 0) is 12.1 Å². The van der Waals surface area contributed by atoms with Crippen molar-refractivity contribution in [1.29, 1.82) is 0 Å². The Hall–Kier alpha value is -2.01. The van der Waals surface area contributed by atoms with Gasteiger partial charge in [0.05, 0.1) is 14.2 Å². The molecule has 0 fully saturated rings. The van der Waals surface area contributed by atoms with Crippen LogP contribution in [0.2, 0.25) is 0 Å². The smallest absolute Gasteiger partial charge is 0.148 e. The van der Waals surface area contributed by atoms with Crippen LogP contribution in [0.15, 0.2) is 24.4 Å². The minimum Gasteiger partial charge on any atom is -0.497 e. The molecule has 0 aliphatic heterocycles. The third-order valence-corrected chi connectivity index (χ3v) is 2.70. The van der Waals surface area contributed by atoms with Gasteiger partial charge in [0.15, 0.2) is 0 Å². The Morgan fingerprint density at radius 1 is 1.28 bits per heavy atom. The second-order valence-electron chi connectivity index (χ2n) is 3.80. The zero-order valence-corrected chi connectivity index (χ0v) is 10.6. The monoisotopic (exact) mass is 247 g/mol. The van der Waals surface area contributed by atoms with Crippen LogP contribution in [0.5, 0.6) is 11.5 Å². The van der Waals surface area contributed by atoms with E-state index in [1.807, 2.05) is 18.2 Å². The van der Waals surface area contributed by atoms with E-state index in [1.165, 1.54) is 0 Å². The van der Waals surface area contributed by atoms with Crippen molar-refractivity contribution in [1.82, 2.24) is 4.98 Å². The summed E-state index contributed by atoms with van der Waals surface area (Å²) < 4.78 is 10.6. The second kappa shape index (κ2) is 5.55. The van der Waals surface area contributed by atoms with Gasteiger partial charge in [-0.2, -0.15) is 0 Å². The molecule has 5 nitrogen and oxygen atoms in total. The fraction of sp³-hybridized carbons (Fsp3) is 0.308. The highest BCUT2D eigenvalue weighted by molar-refractivity contribution is 5.95. The Morgan fingerprint density at radius 2 is 2.11 bits per heavy atom. The number of methoxy groups -OCH3 is 2. The Morgan fingerprint density at radius 3 is 2.78 bits per heavy atom. The minimum atomic E-state index is 0.574. The van der Waals surface area contributed by atoms with Crippen LogP contribution in [0.4, 0.5) is 5.69 Å². The molecule has 3 N–H and O–H groups in total. The first-order valence-electron chi connectivity index (χ1n) is 5.75. The van der Waals surface area contributed by atoms with Gasteiger partial charge >= 0.3 is 0 Å². The average molecular weight is 247 g/mol. The van der Waals surface area contributed by atoms with E-state index in [-0.39, 0.29) is 0 Å². The number of rotatable bonds is 5. The lowest BCUT2D eigenvalue weighted by Crippen LogP contribution is -2.13. The summed E-state index contributed by atoms with van der Waals surface area (Å²) in [5.74, 6) is 1.43. The molecule has 2 aromatic rings. The Kier molecular flexibility index (Phi) is 3.84. The Bertz CT molecular complexity index is 543. The maximum atomic E-state index is 5.51. The van der Waals surface area contributed by atoms with Crippen LogP contribution in [0, 0.1) is 0 Å². The number of nitrogens with two attached hydrogens (primary N) is 1. The summed E-state index contributed by atoms with van der Waals surface area (Å²) in [6.07, 6.45) is 1.75. The first-order valence-corrected chi connectivity index (χ1v) is 5.75. The van der Waals surface area contributed by atoms with Crippen molar-refractivity contribution in [3.05, 3.63) is 24.4 Å². The van der Waals surface area contributed by atoms with Gasteiger partial charge in [0, 0.05) is 36.4 Å². The van der Waals surface area contributed by atoms with Gasteiger partial charge in [-0.1, -0.05) is 0 Å². The molecule has 0 bridgehead atoms. The van der Waals surface area contributed by atoms with Gasteiger partial charge in [-0.3, -0.25) is 4.98 Å². The van der Waals surface area contributed by atoms with Crippen molar-refractivity contribution in [2.24, 2.45) is 5.73 Å². The summed E-state index contributed by atoms with van der Waals surface area (Å²) in [5, 5.41) is 4.22. The number of pyridine rings is 1. The maximum Gasteiger partial charge on any atom is 0.148 e. The van der Waals surface area contributed by atoms with Crippen LogP contribution in [0.1, 0.15) is 0 Å². The maximum absolute atomic E-state index is 5.51. The lowest BCUT2D eigenvalue weighted by molar-refractivity contribution is 0.397. The highest BCUT2D eigenvalue weighted by Crippen LogP contribution is 2.33. The van der Waals surface area contributed by atoms with Crippen LogP contribution in [0.3, 0.4) is 0 Å². The predicted molar refractivity (Wildman–Crippen MR) is 72.4 cm³/mol. The lowest BCUT2D eigenvalue weighted by Gasteiger charge is -2.12. The molecule has 1 aromatic carbocycles. The quantitative estimate of drug-likeness (QED) is 0.840. The second-order valence-corrected chi connectivity index (χ2v) is 3.80. The summed E-state index contributed by atoms with van der Waals surface area (Å²) in [5.41, 5.74) is 7.29.